The summed E-state index contributed by atoms with van der Waals surface area (Å²) in [7, 11) is 0. The molecule has 0 bridgehead atoms. The van der Waals surface area contributed by atoms with Crippen molar-refractivity contribution in [2.45, 2.75) is 20.8 Å². The highest BCUT2D eigenvalue weighted by atomic mass is 16.3. The molecular weight excluding hydrogens is 306 g/mol. The molecule has 0 N–H and O–H groups in total. The zero-order chi connectivity index (χ0) is 17.3. The smallest absolute Gasteiger partial charge is 0.289 e. The first kappa shape index (κ1) is 16.0. The SMILES string of the molecule is Cc1ccc(C(=O)N2CCN(c3nnc(C)c(C)c3C#N)CC2)o1. The Hall–Kier alpha value is -2.88. The molecule has 0 atom stereocenters. The molecule has 1 amide bonds. The zero-order valence-electron chi connectivity index (χ0n) is 14.0. The highest BCUT2D eigenvalue weighted by molar-refractivity contribution is 5.91. The molecule has 1 fully saturated rings. The summed E-state index contributed by atoms with van der Waals surface area (Å²) in [6.07, 6.45) is 0. The minimum Gasteiger partial charge on any atom is -0.456 e. The molecule has 7 nitrogen and oxygen atoms in total. The third-order valence-corrected chi connectivity index (χ3v) is 4.37. The first-order valence-electron chi connectivity index (χ1n) is 7.86. The molecule has 0 aliphatic carbocycles. The van der Waals surface area contributed by atoms with Gasteiger partial charge in [-0.05, 0) is 38.5 Å². The lowest BCUT2D eigenvalue weighted by Gasteiger charge is -2.35. The summed E-state index contributed by atoms with van der Waals surface area (Å²) in [6.45, 7) is 7.86. The topological polar surface area (TPSA) is 86.3 Å². The van der Waals surface area contributed by atoms with Crippen LogP contribution in [0.5, 0.6) is 0 Å². The zero-order valence-corrected chi connectivity index (χ0v) is 14.0. The Morgan fingerprint density at radius 2 is 1.88 bits per heavy atom. The highest BCUT2D eigenvalue weighted by Gasteiger charge is 2.26. The molecule has 2 aromatic heterocycles. The van der Waals surface area contributed by atoms with Crippen LogP contribution in [0.2, 0.25) is 0 Å². The van der Waals surface area contributed by atoms with Crippen LogP contribution in [-0.2, 0) is 0 Å². The fraction of sp³-hybridized carbons (Fsp3) is 0.412. The standard InChI is InChI=1S/C17H19N5O2/c1-11-4-5-15(24-11)17(23)22-8-6-21(7-9-22)16-14(10-18)12(2)13(3)19-20-16/h4-5H,6-9H2,1-3H3. The Kier molecular flexibility index (Phi) is 4.21. The van der Waals surface area contributed by atoms with Gasteiger partial charge in [0.05, 0.1) is 5.69 Å². The first-order valence-corrected chi connectivity index (χ1v) is 7.86. The molecule has 0 spiro atoms. The Labute approximate surface area is 140 Å². The molecule has 0 saturated carbocycles. The third kappa shape index (κ3) is 2.83. The number of aromatic nitrogens is 2. The van der Waals surface area contributed by atoms with E-state index in [2.05, 4.69) is 16.3 Å². The van der Waals surface area contributed by atoms with E-state index >= 15 is 0 Å². The second kappa shape index (κ2) is 6.32. The maximum atomic E-state index is 12.4. The van der Waals surface area contributed by atoms with Gasteiger partial charge in [0.25, 0.3) is 5.91 Å². The molecular formula is C17H19N5O2. The van der Waals surface area contributed by atoms with Gasteiger partial charge >= 0.3 is 0 Å². The second-order valence-corrected chi connectivity index (χ2v) is 5.91. The summed E-state index contributed by atoms with van der Waals surface area (Å²) in [4.78, 5) is 16.2. The van der Waals surface area contributed by atoms with Gasteiger partial charge in [-0.2, -0.15) is 10.4 Å². The van der Waals surface area contributed by atoms with E-state index in [9.17, 15) is 10.1 Å². The van der Waals surface area contributed by atoms with Crippen LogP contribution in [0.3, 0.4) is 0 Å². The maximum absolute atomic E-state index is 12.4. The lowest BCUT2D eigenvalue weighted by Crippen LogP contribution is -2.49. The number of anilines is 1. The summed E-state index contributed by atoms with van der Waals surface area (Å²) in [5.74, 6) is 1.58. The van der Waals surface area contributed by atoms with E-state index in [1.54, 1.807) is 17.0 Å². The molecule has 3 rings (SSSR count). The van der Waals surface area contributed by atoms with Crippen molar-refractivity contribution in [3.8, 4) is 6.07 Å². The molecule has 1 aliphatic heterocycles. The molecule has 24 heavy (non-hydrogen) atoms. The fourth-order valence-electron chi connectivity index (χ4n) is 2.78. The number of piperazine rings is 1. The molecule has 3 heterocycles. The van der Waals surface area contributed by atoms with E-state index in [0.717, 1.165) is 17.0 Å². The van der Waals surface area contributed by atoms with E-state index in [0.29, 0.717) is 43.3 Å². The van der Waals surface area contributed by atoms with Gasteiger partial charge in [0.1, 0.15) is 17.4 Å². The molecule has 0 unspecified atom stereocenters. The molecule has 0 aromatic carbocycles. The van der Waals surface area contributed by atoms with Crippen molar-refractivity contribution in [2.24, 2.45) is 0 Å². The molecule has 0 radical (unpaired) electrons. The van der Waals surface area contributed by atoms with E-state index in [1.165, 1.54) is 0 Å². The number of furan rings is 1. The summed E-state index contributed by atoms with van der Waals surface area (Å²) in [6, 6.07) is 5.71. The van der Waals surface area contributed by atoms with Gasteiger partial charge in [-0.15, -0.1) is 5.10 Å². The van der Waals surface area contributed by atoms with Crippen molar-refractivity contribution in [2.75, 3.05) is 31.1 Å². The largest absolute Gasteiger partial charge is 0.456 e. The van der Waals surface area contributed by atoms with Crippen LogP contribution < -0.4 is 4.90 Å². The Morgan fingerprint density at radius 1 is 1.17 bits per heavy atom. The molecule has 124 valence electrons. The highest BCUT2D eigenvalue weighted by Crippen LogP contribution is 2.23. The number of carbonyl (C=O) groups is 1. The van der Waals surface area contributed by atoms with E-state index in [-0.39, 0.29) is 5.91 Å². The van der Waals surface area contributed by atoms with Crippen LogP contribution in [-0.4, -0.2) is 47.2 Å². The number of rotatable bonds is 2. The lowest BCUT2D eigenvalue weighted by molar-refractivity contribution is 0.0713. The number of nitriles is 1. The average molecular weight is 325 g/mol. The number of carbonyl (C=O) groups excluding carboxylic acids is 1. The first-order chi connectivity index (χ1) is 11.5. The van der Waals surface area contributed by atoms with Gasteiger partial charge in [-0.3, -0.25) is 4.79 Å². The van der Waals surface area contributed by atoms with Crippen molar-refractivity contribution in [3.63, 3.8) is 0 Å². The summed E-state index contributed by atoms with van der Waals surface area (Å²) >= 11 is 0. The number of amides is 1. The van der Waals surface area contributed by atoms with Crippen LogP contribution >= 0.6 is 0 Å². The van der Waals surface area contributed by atoms with Gasteiger partial charge < -0.3 is 14.2 Å². The molecule has 1 saturated heterocycles. The van der Waals surface area contributed by atoms with Crippen molar-refractivity contribution in [1.82, 2.24) is 15.1 Å². The van der Waals surface area contributed by atoms with E-state index in [1.807, 2.05) is 25.7 Å². The summed E-state index contributed by atoms with van der Waals surface area (Å²) in [5, 5.41) is 17.7. The normalized spacial score (nSPS) is 14.6. The van der Waals surface area contributed by atoms with Crippen LogP contribution in [0.25, 0.3) is 0 Å². The van der Waals surface area contributed by atoms with Crippen molar-refractivity contribution in [1.29, 1.82) is 5.26 Å². The van der Waals surface area contributed by atoms with Gasteiger partial charge in [0, 0.05) is 26.2 Å². The number of nitrogens with zero attached hydrogens (tertiary/aromatic N) is 5. The van der Waals surface area contributed by atoms with E-state index in [4.69, 9.17) is 4.42 Å². The minimum absolute atomic E-state index is 0.102. The Balaban J connectivity index is 1.73. The maximum Gasteiger partial charge on any atom is 0.289 e. The van der Waals surface area contributed by atoms with Crippen LogP contribution in [0.15, 0.2) is 16.5 Å². The monoisotopic (exact) mass is 325 g/mol. The predicted octanol–water partition coefficient (Wildman–Crippen LogP) is 1.83. The van der Waals surface area contributed by atoms with Crippen LogP contribution in [0.4, 0.5) is 5.82 Å². The average Bonchev–Trinajstić information content (AvgIpc) is 3.03. The fourth-order valence-corrected chi connectivity index (χ4v) is 2.78. The van der Waals surface area contributed by atoms with Crippen LogP contribution in [0, 0.1) is 32.1 Å². The minimum atomic E-state index is -0.102. The molecule has 2 aromatic rings. The Morgan fingerprint density at radius 3 is 2.46 bits per heavy atom. The number of hydrogen-bond acceptors (Lipinski definition) is 6. The third-order valence-electron chi connectivity index (χ3n) is 4.37. The van der Waals surface area contributed by atoms with Gasteiger partial charge in [0.2, 0.25) is 0 Å². The van der Waals surface area contributed by atoms with Crippen molar-refractivity contribution < 1.29 is 9.21 Å². The molecule has 7 heteroatoms. The number of hydrogen-bond donors (Lipinski definition) is 0. The lowest BCUT2D eigenvalue weighted by atomic mass is 10.1. The van der Waals surface area contributed by atoms with E-state index < -0.39 is 0 Å². The van der Waals surface area contributed by atoms with Crippen molar-refractivity contribution >= 4 is 11.7 Å². The van der Waals surface area contributed by atoms with Crippen molar-refractivity contribution in [3.05, 3.63) is 40.5 Å². The van der Waals surface area contributed by atoms with Gasteiger partial charge in [-0.25, -0.2) is 0 Å². The second-order valence-electron chi connectivity index (χ2n) is 5.91. The summed E-state index contributed by atoms with van der Waals surface area (Å²) < 4.78 is 5.41. The Bertz CT molecular complexity index is 813. The quantitative estimate of drug-likeness (QED) is 0.837. The molecule has 1 aliphatic rings. The summed E-state index contributed by atoms with van der Waals surface area (Å²) in [5.41, 5.74) is 2.17. The van der Waals surface area contributed by atoms with Gasteiger partial charge in [0.15, 0.2) is 11.6 Å². The van der Waals surface area contributed by atoms with Gasteiger partial charge in [-0.1, -0.05) is 0 Å². The number of aryl methyl sites for hydroxylation is 2. The predicted molar refractivity (Wildman–Crippen MR) is 87.8 cm³/mol. The van der Waals surface area contributed by atoms with Crippen LogP contribution in [0.1, 0.15) is 33.1 Å².